The van der Waals surface area contributed by atoms with Gasteiger partial charge in [-0.05, 0) is 25.0 Å². The highest BCUT2D eigenvalue weighted by Crippen LogP contribution is 2.32. The molecule has 1 heterocycles. The molecule has 1 aliphatic rings. The third kappa shape index (κ3) is 2.38. The van der Waals surface area contributed by atoms with Gasteiger partial charge in [0.2, 0.25) is 10.0 Å². The first-order valence-corrected chi connectivity index (χ1v) is 7.46. The van der Waals surface area contributed by atoms with E-state index in [-0.39, 0.29) is 13.0 Å². The topological polar surface area (TPSA) is 74.7 Å². The lowest BCUT2D eigenvalue weighted by atomic mass is 10.2. The Morgan fingerprint density at radius 2 is 2.05 bits per heavy atom. The molecule has 0 saturated carbocycles. The Morgan fingerprint density at radius 1 is 1.40 bits per heavy atom. The zero-order chi connectivity index (χ0) is 15.1. The van der Waals surface area contributed by atoms with Crippen molar-refractivity contribution in [3.05, 3.63) is 28.8 Å². The van der Waals surface area contributed by atoms with Crippen LogP contribution < -0.4 is 0 Å². The second-order valence-corrected chi connectivity index (χ2v) is 6.52. The summed E-state index contributed by atoms with van der Waals surface area (Å²) < 4.78 is 52.2. The third-order valence-electron chi connectivity index (χ3n) is 3.06. The SMILES string of the molecule is O=C(O)C1CCCN1S(=O)(=O)c1c(Cl)ccc(F)c1F. The van der Waals surface area contributed by atoms with E-state index in [0.29, 0.717) is 16.8 Å². The van der Waals surface area contributed by atoms with Gasteiger partial charge in [-0.15, -0.1) is 0 Å². The number of carbonyl (C=O) groups is 1. The van der Waals surface area contributed by atoms with Gasteiger partial charge in [0, 0.05) is 6.54 Å². The van der Waals surface area contributed by atoms with Gasteiger partial charge < -0.3 is 5.11 Å². The molecule has 9 heteroatoms. The Labute approximate surface area is 118 Å². The minimum Gasteiger partial charge on any atom is -0.480 e. The van der Waals surface area contributed by atoms with E-state index in [0.717, 1.165) is 6.07 Å². The van der Waals surface area contributed by atoms with E-state index >= 15 is 0 Å². The van der Waals surface area contributed by atoms with Gasteiger partial charge in [0.05, 0.1) is 5.02 Å². The van der Waals surface area contributed by atoms with Crippen molar-refractivity contribution in [3.63, 3.8) is 0 Å². The summed E-state index contributed by atoms with van der Waals surface area (Å²) in [5.41, 5.74) is 0. The number of hydrogen-bond acceptors (Lipinski definition) is 3. The average molecular weight is 326 g/mol. The molecule has 0 aromatic heterocycles. The quantitative estimate of drug-likeness (QED) is 0.861. The van der Waals surface area contributed by atoms with Crippen LogP contribution >= 0.6 is 11.6 Å². The first-order chi connectivity index (χ1) is 9.26. The molecule has 2 rings (SSSR count). The highest BCUT2D eigenvalue weighted by atomic mass is 35.5. The number of benzene rings is 1. The zero-order valence-corrected chi connectivity index (χ0v) is 11.6. The van der Waals surface area contributed by atoms with Gasteiger partial charge in [-0.2, -0.15) is 4.31 Å². The Hall–Kier alpha value is -1.25. The molecule has 0 bridgehead atoms. The summed E-state index contributed by atoms with van der Waals surface area (Å²) in [5, 5.41) is 8.49. The van der Waals surface area contributed by atoms with Gasteiger partial charge >= 0.3 is 5.97 Å². The van der Waals surface area contributed by atoms with Crippen molar-refractivity contribution in [3.8, 4) is 0 Å². The van der Waals surface area contributed by atoms with E-state index < -0.39 is 43.6 Å². The minimum atomic E-state index is -4.51. The summed E-state index contributed by atoms with van der Waals surface area (Å²) in [6, 6.07) is 0.326. The standard InChI is InChI=1S/C11H10ClF2NO4S/c12-6-3-4-7(13)9(14)10(6)20(18,19)15-5-1-2-8(15)11(16)17/h3-4,8H,1-2,5H2,(H,16,17). The summed E-state index contributed by atoms with van der Waals surface area (Å²) in [4.78, 5) is 10.00. The van der Waals surface area contributed by atoms with Gasteiger partial charge in [0.1, 0.15) is 10.9 Å². The minimum absolute atomic E-state index is 0.0778. The summed E-state index contributed by atoms with van der Waals surface area (Å²) in [5.74, 6) is -4.30. The first-order valence-electron chi connectivity index (χ1n) is 5.65. The molecule has 1 aromatic rings. The van der Waals surface area contributed by atoms with E-state index in [1.54, 1.807) is 0 Å². The maximum absolute atomic E-state index is 13.7. The molecule has 1 aliphatic heterocycles. The number of sulfonamides is 1. The molecule has 110 valence electrons. The largest absolute Gasteiger partial charge is 0.480 e. The molecule has 0 amide bonds. The van der Waals surface area contributed by atoms with Gasteiger partial charge in [0.25, 0.3) is 0 Å². The molecule has 1 aromatic carbocycles. The molecule has 20 heavy (non-hydrogen) atoms. The molecule has 5 nitrogen and oxygen atoms in total. The van der Waals surface area contributed by atoms with Gasteiger partial charge in [0.15, 0.2) is 11.6 Å². The normalized spacial score (nSPS) is 20.2. The molecular formula is C11H10ClF2NO4S. The van der Waals surface area contributed by atoms with Crippen molar-refractivity contribution in [2.24, 2.45) is 0 Å². The van der Waals surface area contributed by atoms with Crippen LogP contribution in [0, 0.1) is 11.6 Å². The van der Waals surface area contributed by atoms with Crippen LogP contribution in [0.4, 0.5) is 8.78 Å². The maximum atomic E-state index is 13.7. The lowest BCUT2D eigenvalue weighted by molar-refractivity contribution is -0.140. The number of hydrogen-bond donors (Lipinski definition) is 1. The van der Waals surface area contributed by atoms with Crippen LogP contribution in [0.5, 0.6) is 0 Å². The van der Waals surface area contributed by atoms with Crippen LogP contribution in [-0.2, 0) is 14.8 Å². The molecule has 1 saturated heterocycles. The van der Waals surface area contributed by atoms with Crippen LogP contribution in [0.25, 0.3) is 0 Å². The second kappa shape index (κ2) is 5.27. The van der Waals surface area contributed by atoms with E-state index in [9.17, 15) is 22.0 Å². The van der Waals surface area contributed by atoms with Crippen LogP contribution in [0.3, 0.4) is 0 Å². The number of rotatable bonds is 3. The summed E-state index contributed by atoms with van der Waals surface area (Å²) >= 11 is 5.63. The number of carboxylic acid groups (broad SMARTS) is 1. The molecule has 1 atom stereocenters. The number of halogens is 3. The van der Waals surface area contributed by atoms with Crippen molar-refractivity contribution in [2.75, 3.05) is 6.54 Å². The zero-order valence-electron chi connectivity index (χ0n) is 10.0. The highest BCUT2D eigenvalue weighted by Gasteiger charge is 2.42. The van der Waals surface area contributed by atoms with E-state index in [1.807, 2.05) is 0 Å². The molecule has 1 unspecified atom stereocenters. The van der Waals surface area contributed by atoms with Crippen molar-refractivity contribution < 1.29 is 27.1 Å². The van der Waals surface area contributed by atoms with Crippen molar-refractivity contribution >= 4 is 27.6 Å². The lowest BCUT2D eigenvalue weighted by Crippen LogP contribution is -2.40. The third-order valence-corrected chi connectivity index (χ3v) is 5.45. The van der Waals surface area contributed by atoms with E-state index in [4.69, 9.17) is 16.7 Å². The van der Waals surface area contributed by atoms with Crippen molar-refractivity contribution in [1.82, 2.24) is 4.31 Å². The van der Waals surface area contributed by atoms with Crippen LogP contribution in [-0.4, -0.2) is 36.4 Å². The summed E-state index contributed by atoms with van der Waals surface area (Å²) in [6.45, 7) is -0.0778. The predicted octanol–water partition coefficient (Wildman–Crippen LogP) is 1.86. The van der Waals surface area contributed by atoms with E-state index in [2.05, 4.69) is 0 Å². The van der Waals surface area contributed by atoms with Gasteiger partial charge in [-0.25, -0.2) is 17.2 Å². The second-order valence-electron chi connectivity index (χ2n) is 4.28. The highest BCUT2D eigenvalue weighted by molar-refractivity contribution is 7.89. The van der Waals surface area contributed by atoms with Crippen molar-refractivity contribution in [1.29, 1.82) is 0 Å². The molecule has 1 fully saturated rings. The number of carboxylic acids is 1. The fourth-order valence-electron chi connectivity index (χ4n) is 2.14. The van der Waals surface area contributed by atoms with Crippen LogP contribution in [0.15, 0.2) is 17.0 Å². The van der Waals surface area contributed by atoms with Gasteiger partial charge in [-0.3, -0.25) is 4.79 Å². The van der Waals surface area contributed by atoms with Crippen LogP contribution in [0.2, 0.25) is 5.02 Å². The fraction of sp³-hybridized carbons (Fsp3) is 0.364. The summed E-state index contributed by atoms with van der Waals surface area (Å²) in [6.07, 6.45) is 0.438. The number of aliphatic carboxylic acids is 1. The fourth-order valence-corrected chi connectivity index (χ4v) is 4.35. The van der Waals surface area contributed by atoms with Crippen LogP contribution in [0.1, 0.15) is 12.8 Å². The maximum Gasteiger partial charge on any atom is 0.322 e. The molecule has 0 aliphatic carbocycles. The smallest absolute Gasteiger partial charge is 0.322 e. The lowest BCUT2D eigenvalue weighted by Gasteiger charge is -2.21. The Balaban J connectivity index is 2.57. The number of nitrogens with zero attached hydrogens (tertiary/aromatic N) is 1. The van der Waals surface area contributed by atoms with Crippen molar-refractivity contribution in [2.45, 2.75) is 23.8 Å². The monoisotopic (exact) mass is 325 g/mol. The van der Waals surface area contributed by atoms with Gasteiger partial charge in [-0.1, -0.05) is 11.6 Å². The Morgan fingerprint density at radius 3 is 2.65 bits per heavy atom. The molecule has 0 spiro atoms. The molecule has 0 radical (unpaired) electrons. The first kappa shape index (κ1) is 15.1. The van der Waals surface area contributed by atoms with E-state index in [1.165, 1.54) is 0 Å². The average Bonchev–Trinajstić information content (AvgIpc) is 2.84. The Bertz CT molecular complexity index is 665. The molecular weight excluding hydrogens is 316 g/mol. The predicted molar refractivity (Wildman–Crippen MR) is 65.9 cm³/mol. The Kier molecular flexibility index (Phi) is 3.99. The molecule has 1 N–H and O–H groups in total. The summed E-state index contributed by atoms with van der Waals surface area (Å²) in [7, 11) is -4.51.